The maximum absolute atomic E-state index is 12.3. The molecule has 0 aliphatic heterocycles. The number of hydrogen-bond acceptors (Lipinski definition) is 6. The van der Waals surface area contributed by atoms with Crippen LogP contribution in [-0.2, 0) is 0 Å². The summed E-state index contributed by atoms with van der Waals surface area (Å²) in [7, 11) is 0. The zero-order valence-electron chi connectivity index (χ0n) is 17.3. The van der Waals surface area contributed by atoms with Crippen LogP contribution in [0.3, 0.4) is 0 Å². The number of nitrogens with one attached hydrogen (secondary N) is 2. The molecule has 0 aliphatic rings. The van der Waals surface area contributed by atoms with Gasteiger partial charge in [-0.15, -0.1) is 10.2 Å². The van der Waals surface area contributed by atoms with Crippen LogP contribution < -0.4 is 20.1 Å². The molecule has 0 saturated heterocycles. The molecule has 168 valence electrons. The number of urea groups is 1. The summed E-state index contributed by atoms with van der Waals surface area (Å²) < 4.78 is 36.2. The molecule has 0 atom stereocenters. The molecule has 4 rings (SSSR count). The van der Waals surface area contributed by atoms with Gasteiger partial charge in [0.25, 0.3) is 0 Å². The number of aromatic nitrogens is 4. The van der Waals surface area contributed by atoms with Crippen molar-refractivity contribution in [3.8, 4) is 23.2 Å². The second kappa shape index (κ2) is 9.73. The monoisotopic (exact) mass is 452 g/mol. The van der Waals surface area contributed by atoms with E-state index in [4.69, 9.17) is 4.74 Å². The van der Waals surface area contributed by atoms with Crippen molar-refractivity contribution < 1.29 is 23.0 Å². The lowest BCUT2D eigenvalue weighted by atomic mass is 10.3. The molecule has 2 aromatic heterocycles. The van der Waals surface area contributed by atoms with Crippen molar-refractivity contribution in [3.05, 3.63) is 78.6 Å². The number of carbonyl (C=O) groups is 1. The molecule has 9 nitrogen and oxygen atoms in total. The average molecular weight is 452 g/mol. The highest BCUT2D eigenvalue weighted by Crippen LogP contribution is 2.22. The topological polar surface area (TPSA) is 103 Å². The third-order valence-electron chi connectivity index (χ3n) is 4.23. The number of nitrogens with zero attached hydrogens (tertiary/aromatic N) is 4. The third kappa shape index (κ3) is 6.00. The highest BCUT2D eigenvalue weighted by molar-refractivity contribution is 5.99. The maximum Gasteiger partial charge on any atom is 0.387 e. The van der Waals surface area contributed by atoms with E-state index in [1.54, 1.807) is 53.3 Å². The number of ether oxygens (including phenoxy) is 2. The van der Waals surface area contributed by atoms with E-state index in [1.807, 2.05) is 13.0 Å². The highest BCUT2D eigenvalue weighted by atomic mass is 19.3. The molecule has 0 saturated carbocycles. The molecule has 2 N–H and O–H groups in total. The Balaban J connectivity index is 1.32. The molecule has 0 radical (unpaired) electrons. The minimum Gasteiger partial charge on any atom is -0.438 e. The van der Waals surface area contributed by atoms with E-state index in [0.717, 1.165) is 5.69 Å². The second-order valence-electron chi connectivity index (χ2n) is 6.74. The van der Waals surface area contributed by atoms with Gasteiger partial charge in [-0.25, -0.2) is 9.48 Å². The van der Waals surface area contributed by atoms with Gasteiger partial charge in [-0.1, -0.05) is 6.07 Å². The van der Waals surface area contributed by atoms with Gasteiger partial charge in [0.2, 0.25) is 5.88 Å². The number of halogens is 2. The quantitative estimate of drug-likeness (QED) is 0.409. The number of benzene rings is 2. The average Bonchev–Trinajstić information content (AvgIpc) is 3.22. The number of amides is 2. The Labute approximate surface area is 187 Å². The molecule has 0 fully saturated rings. The first-order valence-electron chi connectivity index (χ1n) is 9.72. The zero-order valence-corrected chi connectivity index (χ0v) is 17.3. The summed E-state index contributed by atoms with van der Waals surface area (Å²) in [5.41, 5.74) is 1.67. The fourth-order valence-electron chi connectivity index (χ4n) is 2.80. The van der Waals surface area contributed by atoms with E-state index >= 15 is 0 Å². The molecule has 4 aromatic rings. The number of anilines is 2. The first kappa shape index (κ1) is 21.7. The van der Waals surface area contributed by atoms with Crippen LogP contribution in [0.2, 0.25) is 0 Å². The fraction of sp³-hybridized carbons (Fsp3) is 0.0909. The second-order valence-corrected chi connectivity index (χ2v) is 6.74. The third-order valence-corrected chi connectivity index (χ3v) is 4.23. The molecule has 0 aliphatic carbocycles. The van der Waals surface area contributed by atoms with Crippen LogP contribution in [0.4, 0.5) is 25.0 Å². The van der Waals surface area contributed by atoms with E-state index in [-0.39, 0.29) is 5.75 Å². The van der Waals surface area contributed by atoms with Crippen LogP contribution >= 0.6 is 0 Å². The lowest BCUT2D eigenvalue weighted by Crippen LogP contribution is -2.19. The van der Waals surface area contributed by atoms with Gasteiger partial charge in [0.15, 0.2) is 5.82 Å². The Morgan fingerprint density at radius 3 is 2.39 bits per heavy atom. The van der Waals surface area contributed by atoms with E-state index in [1.165, 1.54) is 18.2 Å². The Hall–Kier alpha value is -4.54. The molecular weight excluding hydrogens is 434 g/mol. The van der Waals surface area contributed by atoms with Crippen molar-refractivity contribution in [3.63, 3.8) is 0 Å². The lowest BCUT2D eigenvalue weighted by molar-refractivity contribution is -0.0498. The summed E-state index contributed by atoms with van der Waals surface area (Å²) in [6.45, 7) is -1.06. The molecule has 2 aromatic carbocycles. The summed E-state index contributed by atoms with van der Waals surface area (Å²) >= 11 is 0. The highest BCUT2D eigenvalue weighted by Gasteiger charge is 2.08. The number of carbonyl (C=O) groups excluding carboxylic acids is 1. The summed E-state index contributed by atoms with van der Waals surface area (Å²) in [5.74, 6) is 1.30. The first-order chi connectivity index (χ1) is 15.9. The van der Waals surface area contributed by atoms with Gasteiger partial charge in [0.05, 0.1) is 5.69 Å². The molecule has 0 unspecified atom stereocenters. The van der Waals surface area contributed by atoms with Gasteiger partial charge in [0, 0.05) is 29.7 Å². The predicted octanol–water partition coefficient (Wildman–Crippen LogP) is 5.01. The molecule has 0 spiro atoms. The minimum atomic E-state index is -2.95. The predicted molar refractivity (Wildman–Crippen MR) is 116 cm³/mol. The SMILES string of the molecule is Cc1ccn(-c2ccc(Oc3ccc(NC(=O)Nc4cccc(OC(F)F)c4)cc3)nn2)n1. The Bertz CT molecular complexity index is 1230. The molecule has 2 heterocycles. The first-order valence-corrected chi connectivity index (χ1v) is 9.72. The number of hydrogen-bond donors (Lipinski definition) is 2. The summed E-state index contributed by atoms with van der Waals surface area (Å²) in [6, 6.07) is 17.0. The molecule has 33 heavy (non-hydrogen) atoms. The van der Waals surface area contributed by atoms with Gasteiger partial charge in [0.1, 0.15) is 11.5 Å². The van der Waals surface area contributed by atoms with Crippen LogP contribution in [0.25, 0.3) is 5.82 Å². The van der Waals surface area contributed by atoms with Crippen molar-refractivity contribution >= 4 is 17.4 Å². The Kier molecular flexibility index (Phi) is 6.39. The van der Waals surface area contributed by atoms with Crippen molar-refractivity contribution in [2.24, 2.45) is 0 Å². The summed E-state index contributed by atoms with van der Waals surface area (Å²) in [5, 5.41) is 17.6. The smallest absolute Gasteiger partial charge is 0.387 e. The maximum atomic E-state index is 12.3. The Morgan fingerprint density at radius 2 is 1.73 bits per heavy atom. The number of rotatable bonds is 7. The van der Waals surface area contributed by atoms with Gasteiger partial charge in [-0.05, 0) is 55.5 Å². The van der Waals surface area contributed by atoms with E-state index in [9.17, 15) is 13.6 Å². The van der Waals surface area contributed by atoms with Crippen LogP contribution in [-0.4, -0.2) is 32.6 Å². The van der Waals surface area contributed by atoms with Crippen LogP contribution in [0.5, 0.6) is 17.4 Å². The van der Waals surface area contributed by atoms with Crippen molar-refractivity contribution in [2.45, 2.75) is 13.5 Å². The summed E-state index contributed by atoms with van der Waals surface area (Å²) in [6.07, 6.45) is 1.79. The van der Waals surface area contributed by atoms with Crippen LogP contribution in [0, 0.1) is 6.92 Å². The van der Waals surface area contributed by atoms with Crippen LogP contribution in [0.15, 0.2) is 72.9 Å². The van der Waals surface area contributed by atoms with Crippen LogP contribution in [0.1, 0.15) is 5.69 Å². The molecular formula is C22H18F2N6O3. The minimum absolute atomic E-state index is 0.0554. The standard InChI is InChI=1S/C22H18F2N6O3/c1-14-11-12-30(29-14)19-9-10-20(28-27-19)32-17-7-5-15(6-8-17)25-22(31)26-16-3-2-4-18(13-16)33-21(23)24/h2-13,21H,1H3,(H2,25,26,31). The number of aryl methyl sites for hydroxylation is 1. The molecule has 11 heteroatoms. The van der Waals surface area contributed by atoms with Crippen molar-refractivity contribution in [2.75, 3.05) is 10.6 Å². The number of alkyl halides is 2. The van der Waals surface area contributed by atoms with Crippen molar-refractivity contribution in [1.29, 1.82) is 0 Å². The Morgan fingerprint density at radius 1 is 0.939 bits per heavy atom. The van der Waals surface area contributed by atoms with Gasteiger partial charge >= 0.3 is 12.6 Å². The largest absolute Gasteiger partial charge is 0.438 e. The molecule has 0 bridgehead atoms. The van der Waals surface area contributed by atoms with E-state index < -0.39 is 12.6 Å². The van der Waals surface area contributed by atoms with Gasteiger partial charge in [-0.3, -0.25) is 0 Å². The lowest BCUT2D eigenvalue weighted by Gasteiger charge is -2.10. The van der Waals surface area contributed by atoms with Crippen molar-refractivity contribution in [1.82, 2.24) is 20.0 Å². The van der Waals surface area contributed by atoms with E-state index in [0.29, 0.717) is 28.8 Å². The fourth-order valence-corrected chi connectivity index (χ4v) is 2.80. The zero-order chi connectivity index (χ0) is 23.2. The summed E-state index contributed by atoms with van der Waals surface area (Å²) in [4.78, 5) is 12.2. The normalized spacial score (nSPS) is 10.7. The van der Waals surface area contributed by atoms with E-state index in [2.05, 4.69) is 30.7 Å². The van der Waals surface area contributed by atoms with Gasteiger partial charge in [-0.2, -0.15) is 13.9 Å². The molecule has 2 amide bonds. The van der Waals surface area contributed by atoms with Gasteiger partial charge < -0.3 is 20.1 Å².